The topological polar surface area (TPSA) is 99.6 Å². The standard InChI is InChI=1S/C35H43N3O6/c1-7-19-36(25-13-15-26(16-14-25)43-9-3)32(40)28-27-17-18-35(44-27)29(28)33(41)38(24(6)21-39)31(35)34(42)37(20-8-2)30-22(4)11-10-12-23(30)5/h7-8,10-16,24,27-29,31,39H,1-2,9,17-21H2,3-6H3/t24-,27+,28-,29+,31?,35?/m1/s1. The maximum absolute atomic E-state index is 14.8. The monoisotopic (exact) mass is 601 g/mol. The van der Waals surface area contributed by atoms with E-state index in [1.54, 1.807) is 28.9 Å². The minimum absolute atomic E-state index is 0.230. The van der Waals surface area contributed by atoms with Crippen molar-refractivity contribution in [1.82, 2.24) is 4.90 Å². The van der Waals surface area contributed by atoms with Crippen LogP contribution in [0.25, 0.3) is 0 Å². The van der Waals surface area contributed by atoms with Gasteiger partial charge in [-0.05, 0) is 75.9 Å². The van der Waals surface area contributed by atoms with E-state index in [-0.39, 0.29) is 37.4 Å². The molecule has 2 unspecified atom stereocenters. The van der Waals surface area contributed by atoms with E-state index in [4.69, 9.17) is 9.47 Å². The average molecular weight is 602 g/mol. The molecule has 234 valence electrons. The summed E-state index contributed by atoms with van der Waals surface area (Å²) in [7, 11) is 0. The normalized spacial score (nSPS) is 25.8. The number of hydrogen-bond acceptors (Lipinski definition) is 6. The van der Waals surface area contributed by atoms with Gasteiger partial charge in [0.25, 0.3) is 5.91 Å². The number of para-hydroxylation sites is 1. The molecule has 2 aromatic rings. The molecule has 3 aliphatic heterocycles. The smallest absolute Gasteiger partial charge is 0.253 e. The van der Waals surface area contributed by atoms with Crippen LogP contribution in [-0.2, 0) is 19.1 Å². The number of ether oxygens (including phenoxy) is 2. The third-order valence-corrected chi connectivity index (χ3v) is 9.32. The number of aryl methyl sites for hydroxylation is 2. The summed E-state index contributed by atoms with van der Waals surface area (Å²) in [5, 5.41) is 10.3. The Labute approximate surface area is 259 Å². The summed E-state index contributed by atoms with van der Waals surface area (Å²) in [5.41, 5.74) is 2.05. The first-order chi connectivity index (χ1) is 21.1. The highest BCUT2D eigenvalue weighted by Gasteiger charge is 2.75. The van der Waals surface area contributed by atoms with Crippen LogP contribution in [0.2, 0.25) is 0 Å². The molecule has 5 rings (SSSR count). The summed E-state index contributed by atoms with van der Waals surface area (Å²) in [4.78, 5) is 48.4. The maximum Gasteiger partial charge on any atom is 0.253 e. The highest BCUT2D eigenvalue weighted by Crippen LogP contribution is 2.59. The molecule has 9 heteroatoms. The van der Waals surface area contributed by atoms with E-state index in [0.717, 1.165) is 16.8 Å². The van der Waals surface area contributed by atoms with E-state index >= 15 is 0 Å². The molecule has 3 heterocycles. The predicted molar refractivity (Wildman–Crippen MR) is 170 cm³/mol. The molecule has 3 amide bonds. The lowest BCUT2D eigenvalue weighted by Gasteiger charge is -2.39. The van der Waals surface area contributed by atoms with Crippen molar-refractivity contribution in [3.8, 4) is 5.75 Å². The van der Waals surface area contributed by atoms with Gasteiger partial charge in [-0.25, -0.2) is 0 Å². The molecule has 2 bridgehead atoms. The zero-order valence-electron chi connectivity index (χ0n) is 26.1. The third kappa shape index (κ3) is 5.02. The molecule has 3 fully saturated rings. The minimum atomic E-state index is -1.20. The number of rotatable bonds is 12. The van der Waals surface area contributed by atoms with E-state index in [1.165, 1.54) is 4.90 Å². The van der Waals surface area contributed by atoms with Crippen molar-refractivity contribution in [2.45, 2.75) is 64.3 Å². The molecule has 0 saturated carbocycles. The van der Waals surface area contributed by atoms with Gasteiger partial charge in [-0.1, -0.05) is 30.4 Å². The van der Waals surface area contributed by atoms with Gasteiger partial charge in [0.2, 0.25) is 11.8 Å². The average Bonchev–Trinajstić information content (AvgIpc) is 3.66. The second-order valence-electron chi connectivity index (χ2n) is 12.0. The van der Waals surface area contributed by atoms with Crippen LogP contribution in [0.3, 0.4) is 0 Å². The van der Waals surface area contributed by atoms with Crippen molar-refractivity contribution in [1.29, 1.82) is 0 Å². The number of aliphatic hydroxyl groups is 1. The van der Waals surface area contributed by atoms with Gasteiger partial charge in [-0.15, -0.1) is 13.2 Å². The number of anilines is 2. The molecule has 44 heavy (non-hydrogen) atoms. The molecule has 0 aliphatic carbocycles. The Kier molecular flexibility index (Phi) is 9.00. The lowest BCUT2D eigenvalue weighted by molar-refractivity contribution is -0.143. The number of aliphatic hydroxyl groups excluding tert-OH is 1. The van der Waals surface area contributed by atoms with Crippen LogP contribution in [0.5, 0.6) is 5.75 Å². The molecule has 1 spiro atoms. The van der Waals surface area contributed by atoms with E-state index < -0.39 is 35.6 Å². The highest BCUT2D eigenvalue weighted by molar-refractivity contribution is 6.07. The van der Waals surface area contributed by atoms with Crippen LogP contribution in [0, 0.1) is 25.7 Å². The number of amides is 3. The number of carbonyl (C=O) groups is 3. The Morgan fingerprint density at radius 3 is 2.32 bits per heavy atom. The van der Waals surface area contributed by atoms with Crippen LogP contribution >= 0.6 is 0 Å². The molecule has 9 nitrogen and oxygen atoms in total. The summed E-state index contributed by atoms with van der Waals surface area (Å²) in [5.74, 6) is -1.85. The van der Waals surface area contributed by atoms with Crippen LogP contribution in [-0.4, -0.2) is 77.8 Å². The first kappa shape index (κ1) is 31.5. The van der Waals surface area contributed by atoms with Crippen LogP contribution in [0.4, 0.5) is 11.4 Å². The molecule has 3 aliphatic rings. The lowest BCUT2D eigenvalue weighted by atomic mass is 9.70. The van der Waals surface area contributed by atoms with Crippen molar-refractivity contribution in [3.63, 3.8) is 0 Å². The van der Waals surface area contributed by atoms with E-state index in [2.05, 4.69) is 13.2 Å². The van der Waals surface area contributed by atoms with Gasteiger partial charge in [0, 0.05) is 24.5 Å². The van der Waals surface area contributed by atoms with Gasteiger partial charge in [0.1, 0.15) is 17.4 Å². The quantitative estimate of drug-likeness (QED) is 0.366. The molecular weight excluding hydrogens is 558 g/mol. The predicted octanol–water partition coefficient (Wildman–Crippen LogP) is 4.20. The Balaban J connectivity index is 1.56. The number of nitrogens with zero attached hydrogens (tertiary/aromatic N) is 3. The fraction of sp³-hybridized carbons (Fsp3) is 0.457. The van der Waals surface area contributed by atoms with Gasteiger partial charge in [-0.3, -0.25) is 14.4 Å². The number of fused-ring (bicyclic) bond motifs is 1. The highest BCUT2D eigenvalue weighted by atomic mass is 16.5. The van der Waals surface area contributed by atoms with E-state index in [0.29, 0.717) is 30.9 Å². The van der Waals surface area contributed by atoms with Crippen molar-refractivity contribution in [2.24, 2.45) is 11.8 Å². The number of carbonyl (C=O) groups excluding carboxylic acids is 3. The molecule has 1 N–H and O–H groups in total. The van der Waals surface area contributed by atoms with Gasteiger partial charge in [-0.2, -0.15) is 0 Å². The summed E-state index contributed by atoms with van der Waals surface area (Å²) >= 11 is 0. The summed E-state index contributed by atoms with van der Waals surface area (Å²) in [6, 6.07) is 11.4. The molecule has 0 aromatic heterocycles. The second-order valence-corrected chi connectivity index (χ2v) is 12.0. The Bertz CT molecular complexity index is 1420. The largest absolute Gasteiger partial charge is 0.494 e. The number of hydrogen-bond donors (Lipinski definition) is 1. The fourth-order valence-electron chi connectivity index (χ4n) is 7.53. The van der Waals surface area contributed by atoms with Crippen molar-refractivity contribution >= 4 is 29.1 Å². The van der Waals surface area contributed by atoms with Crippen LogP contribution in [0.15, 0.2) is 67.8 Å². The molecular formula is C35H43N3O6. The van der Waals surface area contributed by atoms with Gasteiger partial charge in [0.05, 0.1) is 37.2 Å². The SMILES string of the molecule is C=CCN(C(=O)[C@@H]1[C@@H]2CCC3(O2)C(C(=O)N(CC=C)c2c(C)cccc2C)N([C@H](C)CO)C(=O)[C@H]13)c1ccc(OCC)cc1. The van der Waals surface area contributed by atoms with Crippen LogP contribution < -0.4 is 14.5 Å². The Morgan fingerprint density at radius 1 is 1.09 bits per heavy atom. The van der Waals surface area contributed by atoms with Crippen molar-refractivity contribution in [3.05, 3.63) is 78.9 Å². The molecule has 0 radical (unpaired) electrons. The fourth-order valence-corrected chi connectivity index (χ4v) is 7.53. The second kappa shape index (κ2) is 12.6. The molecule has 6 atom stereocenters. The summed E-state index contributed by atoms with van der Waals surface area (Å²) in [6.45, 7) is 15.9. The number of benzene rings is 2. The van der Waals surface area contributed by atoms with E-state index in [1.807, 2.05) is 63.2 Å². The Hall–Kier alpha value is -3.95. The van der Waals surface area contributed by atoms with Gasteiger partial charge >= 0.3 is 0 Å². The zero-order valence-corrected chi connectivity index (χ0v) is 26.1. The first-order valence-corrected chi connectivity index (χ1v) is 15.4. The van der Waals surface area contributed by atoms with Gasteiger partial charge in [0.15, 0.2) is 0 Å². The lowest BCUT2D eigenvalue weighted by Crippen LogP contribution is -2.58. The molecule has 3 saturated heterocycles. The first-order valence-electron chi connectivity index (χ1n) is 15.4. The van der Waals surface area contributed by atoms with E-state index in [9.17, 15) is 19.5 Å². The van der Waals surface area contributed by atoms with Gasteiger partial charge < -0.3 is 29.3 Å². The molecule has 2 aromatic carbocycles. The Morgan fingerprint density at radius 2 is 1.73 bits per heavy atom. The minimum Gasteiger partial charge on any atom is -0.494 e. The van der Waals surface area contributed by atoms with Crippen LogP contribution in [0.1, 0.15) is 37.8 Å². The zero-order chi connectivity index (χ0) is 31.8. The summed E-state index contributed by atoms with van der Waals surface area (Å²) < 4.78 is 12.3. The van der Waals surface area contributed by atoms with Crippen molar-refractivity contribution < 1.29 is 29.0 Å². The van der Waals surface area contributed by atoms with Crippen molar-refractivity contribution in [2.75, 3.05) is 36.1 Å². The number of likely N-dealkylation sites (tertiary alicyclic amines) is 1. The maximum atomic E-state index is 14.8. The third-order valence-electron chi connectivity index (χ3n) is 9.32. The summed E-state index contributed by atoms with van der Waals surface area (Å²) in [6.07, 6.45) is 3.81.